The highest BCUT2D eigenvalue weighted by atomic mass is 32.1. The van der Waals surface area contributed by atoms with Gasteiger partial charge in [0, 0.05) is 19.2 Å². The fourth-order valence-electron chi connectivity index (χ4n) is 2.76. The van der Waals surface area contributed by atoms with Gasteiger partial charge in [0.2, 0.25) is 0 Å². The van der Waals surface area contributed by atoms with E-state index in [4.69, 9.17) is 9.47 Å². The first kappa shape index (κ1) is 19.3. The summed E-state index contributed by atoms with van der Waals surface area (Å²) < 4.78 is 14.0. The molecule has 142 valence electrons. The number of hydrogen-bond donors (Lipinski definition) is 0. The van der Waals surface area contributed by atoms with Crippen LogP contribution in [0.1, 0.15) is 29.8 Å². The number of nitrogens with zero attached hydrogens (tertiary/aromatic N) is 2. The molecule has 0 saturated heterocycles. The first-order chi connectivity index (χ1) is 13.0. The van der Waals surface area contributed by atoms with Crippen molar-refractivity contribution in [3.63, 3.8) is 0 Å². The Kier molecular flexibility index (Phi) is 6.08. The average molecular weight is 385 g/mol. The summed E-state index contributed by atoms with van der Waals surface area (Å²) in [6, 6.07) is 13.4. The minimum absolute atomic E-state index is 0.0954. The summed E-state index contributed by atoms with van der Waals surface area (Å²) in [5.41, 5.74) is 2.79. The van der Waals surface area contributed by atoms with Crippen molar-refractivity contribution >= 4 is 27.5 Å². The number of thiazole rings is 1. The van der Waals surface area contributed by atoms with Gasteiger partial charge < -0.3 is 14.0 Å². The maximum absolute atomic E-state index is 12.7. The van der Waals surface area contributed by atoms with Crippen LogP contribution in [0.3, 0.4) is 0 Å². The van der Waals surface area contributed by atoms with E-state index in [1.807, 2.05) is 18.4 Å². The second-order valence-electron chi connectivity index (χ2n) is 6.61. The lowest BCUT2D eigenvalue weighted by Gasteiger charge is -2.09. The zero-order valence-corrected chi connectivity index (χ0v) is 16.9. The first-order valence-electron chi connectivity index (χ1n) is 8.92. The lowest BCUT2D eigenvalue weighted by molar-refractivity contribution is 0.0997. The summed E-state index contributed by atoms with van der Waals surface area (Å²) >= 11 is 1.52. The van der Waals surface area contributed by atoms with E-state index in [1.54, 1.807) is 31.4 Å². The molecule has 0 atom stereocenters. The summed E-state index contributed by atoms with van der Waals surface area (Å²) in [5.74, 6) is 0.481. The SMILES string of the molecule is COCCn1c(=NC(=O)c2ccc(OC(C)C)cc2)sc2cc(C)ccc21. The molecule has 3 rings (SSSR count). The Labute approximate surface area is 162 Å². The van der Waals surface area contributed by atoms with Gasteiger partial charge in [0.1, 0.15) is 5.75 Å². The van der Waals surface area contributed by atoms with Crippen LogP contribution >= 0.6 is 11.3 Å². The molecule has 0 radical (unpaired) electrons. The Morgan fingerprint density at radius 3 is 2.59 bits per heavy atom. The number of carbonyl (C=O) groups is 1. The van der Waals surface area contributed by atoms with E-state index in [1.165, 1.54) is 16.9 Å². The van der Waals surface area contributed by atoms with Gasteiger partial charge in [0.05, 0.1) is 22.9 Å². The normalized spacial score (nSPS) is 12.1. The van der Waals surface area contributed by atoms with Crippen molar-refractivity contribution in [2.75, 3.05) is 13.7 Å². The molecule has 27 heavy (non-hydrogen) atoms. The quantitative estimate of drug-likeness (QED) is 0.640. The fraction of sp³-hybridized carbons (Fsp3) is 0.333. The lowest BCUT2D eigenvalue weighted by atomic mass is 10.2. The van der Waals surface area contributed by atoms with Gasteiger partial charge in [-0.2, -0.15) is 4.99 Å². The van der Waals surface area contributed by atoms with E-state index in [9.17, 15) is 4.79 Å². The zero-order chi connectivity index (χ0) is 19.4. The molecule has 0 aliphatic carbocycles. The third-order valence-corrected chi connectivity index (χ3v) is 5.07. The van der Waals surface area contributed by atoms with Crippen LogP contribution in [0.25, 0.3) is 10.2 Å². The molecule has 1 amide bonds. The Hall–Kier alpha value is -2.44. The Morgan fingerprint density at radius 2 is 1.93 bits per heavy atom. The van der Waals surface area contributed by atoms with Crippen LogP contribution < -0.4 is 9.54 Å². The van der Waals surface area contributed by atoms with Crippen molar-refractivity contribution < 1.29 is 14.3 Å². The van der Waals surface area contributed by atoms with Crippen molar-refractivity contribution in [3.8, 4) is 5.75 Å². The standard InChI is InChI=1S/C21H24N2O3S/c1-14(2)26-17-8-6-16(7-9-17)20(24)22-21-23(11-12-25-4)18-10-5-15(3)13-19(18)27-21/h5-10,13-14H,11-12H2,1-4H3. The van der Waals surface area contributed by atoms with Gasteiger partial charge >= 0.3 is 0 Å². The third-order valence-electron chi connectivity index (χ3n) is 4.03. The van der Waals surface area contributed by atoms with Gasteiger partial charge in [-0.25, -0.2) is 0 Å². The number of amides is 1. The van der Waals surface area contributed by atoms with Gasteiger partial charge in [0.15, 0.2) is 4.80 Å². The molecule has 3 aromatic rings. The molecule has 0 aliphatic rings. The largest absolute Gasteiger partial charge is 0.491 e. The smallest absolute Gasteiger partial charge is 0.279 e. The Bertz CT molecular complexity index is 1000. The molecule has 0 spiro atoms. The predicted octanol–water partition coefficient (Wildman–Crippen LogP) is 4.19. The van der Waals surface area contributed by atoms with Crippen LogP contribution in [-0.4, -0.2) is 30.3 Å². The van der Waals surface area contributed by atoms with Crippen LogP contribution in [0.4, 0.5) is 0 Å². The van der Waals surface area contributed by atoms with Crippen LogP contribution in [0.2, 0.25) is 0 Å². The number of rotatable bonds is 6. The van der Waals surface area contributed by atoms with Crippen LogP contribution in [0.5, 0.6) is 5.75 Å². The molecule has 0 aliphatic heterocycles. The highest BCUT2D eigenvalue weighted by molar-refractivity contribution is 7.16. The van der Waals surface area contributed by atoms with Gasteiger partial charge in [-0.15, -0.1) is 0 Å². The van der Waals surface area contributed by atoms with Crippen molar-refractivity contribution in [1.82, 2.24) is 4.57 Å². The second kappa shape index (κ2) is 8.50. The number of fused-ring (bicyclic) bond motifs is 1. The van der Waals surface area contributed by atoms with Crippen molar-refractivity contribution in [2.45, 2.75) is 33.4 Å². The van der Waals surface area contributed by atoms with E-state index in [-0.39, 0.29) is 12.0 Å². The molecule has 0 fully saturated rings. The summed E-state index contributed by atoms with van der Waals surface area (Å²) in [6.45, 7) is 7.20. The highest BCUT2D eigenvalue weighted by Gasteiger charge is 2.10. The number of methoxy groups -OCH3 is 1. The van der Waals surface area contributed by atoms with Crippen molar-refractivity contribution in [2.24, 2.45) is 4.99 Å². The third kappa shape index (κ3) is 4.64. The number of aryl methyl sites for hydroxylation is 1. The topological polar surface area (TPSA) is 52.8 Å². The maximum atomic E-state index is 12.7. The maximum Gasteiger partial charge on any atom is 0.279 e. The van der Waals surface area contributed by atoms with E-state index in [2.05, 4.69) is 30.1 Å². The van der Waals surface area contributed by atoms with Gasteiger partial charge in [-0.3, -0.25) is 4.79 Å². The van der Waals surface area contributed by atoms with Crippen molar-refractivity contribution in [3.05, 3.63) is 58.4 Å². The van der Waals surface area contributed by atoms with E-state index in [0.717, 1.165) is 16.0 Å². The van der Waals surface area contributed by atoms with E-state index >= 15 is 0 Å². The van der Waals surface area contributed by atoms with Gasteiger partial charge in [0.25, 0.3) is 5.91 Å². The molecule has 0 N–H and O–H groups in total. The number of hydrogen-bond acceptors (Lipinski definition) is 4. The van der Waals surface area contributed by atoms with Crippen LogP contribution in [0.15, 0.2) is 47.5 Å². The molecular weight excluding hydrogens is 360 g/mol. The monoisotopic (exact) mass is 384 g/mol. The predicted molar refractivity (Wildman–Crippen MR) is 109 cm³/mol. The summed E-state index contributed by atoms with van der Waals surface area (Å²) in [7, 11) is 1.67. The average Bonchev–Trinajstić information content (AvgIpc) is 2.96. The molecule has 6 heteroatoms. The minimum atomic E-state index is -0.263. The van der Waals surface area contributed by atoms with Crippen molar-refractivity contribution in [1.29, 1.82) is 0 Å². The van der Waals surface area contributed by atoms with Gasteiger partial charge in [-0.1, -0.05) is 17.4 Å². The molecule has 5 nitrogen and oxygen atoms in total. The number of carbonyl (C=O) groups excluding carboxylic acids is 1. The molecule has 0 saturated carbocycles. The first-order valence-corrected chi connectivity index (χ1v) is 9.74. The van der Waals surface area contributed by atoms with Crippen LogP contribution in [0, 0.1) is 6.92 Å². The zero-order valence-electron chi connectivity index (χ0n) is 16.1. The Morgan fingerprint density at radius 1 is 1.19 bits per heavy atom. The number of benzene rings is 2. The molecule has 1 heterocycles. The van der Waals surface area contributed by atoms with Crippen LogP contribution in [-0.2, 0) is 11.3 Å². The number of aromatic nitrogens is 1. The Balaban J connectivity index is 1.97. The number of ether oxygens (including phenoxy) is 2. The molecule has 0 bridgehead atoms. The summed E-state index contributed by atoms with van der Waals surface area (Å²) in [6.07, 6.45) is 0.0954. The second-order valence-corrected chi connectivity index (χ2v) is 7.62. The molecule has 1 aromatic heterocycles. The highest BCUT2D eigenvalue weighted by Crippen LogP contribution is 2.19. The van der Waals surface area contributed by atoms with Gasteiger partial charge in [-0.05, 0) is 62.7 Å². The van der Waals surface area contributed by atoms with E-state index in [0.29, 0.717) is 23.5 Å². The fourth-order valence-corrected chi connectivity index (χ4v) is 3.92. The lowest BCUT2D eigenvalue weighted by Crippen LogP contribution is -2.19. The summed E-state index contributed by atoms with van der Waals surface area (Å²) in [5, 5.41) is 0. The molecular formula is C21H24N2O3S. The molecule has 0 unspecified atom stereocenters. The molecule has 2 aromatic carbocycles. The summed E-state index contributed by atoms with van der Waals surface area (Å²) in [4.78, 5) is 17.7. The minimum Gasteiger partial charge on any atom is -0.491 e. The van der Waals surface area contributed by atoms with E-state index < -0.39 is 0 Å².